The second kappa shape index (κ2) is 7.92. The third-order valence-corrected chi connectivity index (χ3v) is 2.19. The maximum Gasteiger partial charge on any atom is 0.334 e. The summed E-state index contributed by atoms with van der Waals surface area (Å²) in [7, 11) is 2.97. The highest BCUT2D eigenvalue weighted by atomic mass is 16.5. The lowest BCUT2D eigenvalue weighted by Crippen LogP contribution is -2.43. The number of methoxy groups -OCH3 is 1. The minimum Gasteiger partial charge on any atom is -0.479 e. The Morgan fingerprint density at radius 3 is 2.56 bits per heavy atom. The van der Waals surface area contributed by atoms with E-state index in [4.69, 9.17) is 9.84 Å². The van der Waals surface area contributed by atoms with Gasteiger partial charge in [0.25, 0.3) is 0 Å². The smallest absolute Gasteiger partial charge is 0.334 e. The molecule has 0 radical (unpaired) electrons. The number of carboxylic acids is 1. The molecule has 0 spiro atoms. The molecule has 2 amide bonds. The molecule has 0 aromatic carbocycles. The van der Waals surface area contributed by atoms with E-state index >= 15 is 0 Å². The number of hydrogen-bond acceptors (Lipinski definition) is 3. The number of aliphatic carboxylic acids is 1. The maximum atomic E-state index is 11.5. The van der Waals surface area contributed by atoms with Crippen LogP contribution in [0.3, 0.4) is 0 Å². The Hall–Kier alpha value is -1.30. The Labute approximate surface area is 95.6 Å². The van der Waals surface area contributed by atoms with E-state index in [1.54, 1.807) is 7.05 Å². The minimum atomic E-state index is -1.08. The van der Waals surface area contributed by atoms with E-state index in [2.05, 4.69) is 5.32 Å². The Morgan fingerprint density at radius 1 is 1.50 bits per heavy atom. The van der Waals surface area contributed by atoms with E-state index in [0.717, 1.165) is 12.8 Å². The highest BCUT2D eigenvalue weighted by molar-refractivity contribution is 5.76. The average molecular weight is 232 g/mol. The van der Waals surface area contributed by atoms with Gasteiger partial charge in [-0.25, -0.2) is 9.59 Å². The fraction of sp³-hybridized carbons (Fsp3) is 0.800. The highest BCUT2D eigenvalue weighted by Gasteiger charge is 2.18. The third-order valence-electron chi connectivity index (χ3n) is 2.19. The van der Waals surface area contributed by atoms with E-state index in [-0.39, 0.29) is 12.6 Å². The summed E-state index contributed by atoms with van der Waals surface area (Å²) in [6, 6.07) is -0.281. The molecule has 0 aromatic heterocycles. The molecule has 0 aromatic rings. The number of nitrogens with one attached hydrogen (secondary N) is 1. The van der Waals surface area contributed by atoms with Crippen molar-refractivity contribution in [2.45, 2.75) is 25.9 Å². The molecule has 0 fully saturated rings. The van der Waals surface area contributed by atoms with Crippen LogP contribution >= 0.6 is 0 Å². The van der Waals surface area contributed by atoms with Gasteiger partial charge in [-0.15, -0.1) is 0 Å². The molecule has 6 nitrogen and oxygen atoms in total. The maximum absolute atomic E-state index is 11.5. The van der Waals surface area contributed by atoms with Crippen molar-refractivity contribution < 1.29 is 19.4 Å². The van der Waals surface area contributed by atoms with Crippen LogP contribution in [-0.4, -0.2) is 55.4 Å². The van der Waals surface area contributed by atoms with E-state index in [0.29, 0.717) is 6.54 Å². The number of unbranched alkanes of at least 4 members (excludes halogenated alkanes) is 1. The zero-order chi connectivity index (χ0) is 12.6. The summed E-state index contributed by atoms with van der Waals surface area (Å²) in [5.41, 5.74) is 0. The Morgan fingerprint density at radius 2 is 2.12 bits per heavy atom. The summed E-state index contributed by atoms with van der Waals surface area (Å²) < 4.78 is 4.69. The van der Waals surface area contributed by atoms with Crippen LogP contribution in [-0.2, 0) is 9.53 Å². The number of carbonyl (C=O) groups excluding carboxylic acids is 1. The van der Waals surface area contributed by atoms with Gasteiger partial charge < -0.3 is 20.1 Å². The fourth-order valence-electron chi connectivity index (χ4n) is 1.08. The largest absolute Gasteiger partial charge is 0.479 e. The van der Waals surface area contributed by atoms with Crippen molar-refractivity contribution in [1.82, 2.24) is 10.2 Å². The summed E-state index contributed by atoms with van der Waals surface area (Å²) in [4.78, 5) is 23.6. The summed E-state index contributed by atoms with van der Waals surface area (Å²) in [6.07, 6.45) is 0.938. The van der Waals surface area contributed by atoms with Crippen LogP contribution in [0.5, 0.6) is 0 Å². The van der Waals surface area contributed by atoms with Crippen molar-refractivity contribution in [3.05, 3.63) is 0 Å². The molecule has 2 N–H and O–H groups in total. The van der Waals surface area contributed by atoms with Crippen molar-refractivity contribution in [2.24, 2.45) is 0 Å². The van der Waals surface area contributed by atoms with Gasteiger partial charge in [-0.3, -0.25) is 0 Å². The van der Waals surface area contributed by atoms with E-state index < -0.39 is 12.1 Å². The lowest BCUT2D eigenvalue weighted by atomic mass is 10.3. The van der Waals surface area contributed by atoms with Gasteiger partial charge in [0.15, 0.2) is 6.10 Å². The first-order valence-electron chi connectivity index (χ1n) is 5.27. The predicted octanol–water partition coefficient (Wildman–Crippen LogP) is 0.527. The van der Waals surface area contributed by atoms with Gasteiger partial charge >= 0.3 is 12.0 Å². The summed E-state index contributed by atoms with van der Waals surface area (Å²) >= 11 is 0. The molecule has 0 aliphatic heterocycles. The van der Waals surface area contributed by atoms with Gasteiger partial charge in [-0.1, -0.05) is 13.3 Å². The Balaban J connectivity index is 3.91. The fourth-order valence-corrected chi connectivity index (χ4v) is 1.08. The Bertz CT molecular complexity index is 233. The number of nitrogens with zero attached hydrogens (tertiary/aromatic N) is 1. The molecule has 94 valence electrons. The normalized spacial score (nSPS) is 11.9. The van der Waals surface area contributed by atoms with Crippen molar-refractivity contribution >= 4 is 12.0 Å². The second-order valence-corrected chi connectivity index (χ2v) is 3.52. The zero-order valence-electron chi connectivity index (χ0n) is 10.0. The van der Waals surface area contributed by atoms with Gasteiger partial charge in [0, 0.05) is 20.7 Å². The molecule has 0 saturated heterocycles. The van der Waals surface area contributed by atoms with Crippen LogP contribution in [0.2, 0.25) is 0 Å². The second-order valence-electron chi connectivity index (χ2n) is 3.52. The molecule has 16 heavy (non-hydrogen) atoms. The van der Waals surface area contributed by atoms with Gasteiger partial charge in [-0.05, 0) is 6.42 Å². The predicted molar refractivity (Wildman–Crippen MR) is 59.4 cm³/mol. The molecular weight excluding hydrogens is 212 g/mol. The summed E-state index contributed by atoms with van der Waals surface area (Å²) in [5.74, 6) is -1.08. The van der Waals surface area contributed by atoms with Gasteiger partial charge in [0.05, 0.1) is 6.54 Å². The van der Waals surface area contributed by atoms with Crippen LogP contribution in [0.25, 0.3) is 0 Å². The number of rotatable bonds is 7. The molecule has 0 saturated carbocycles. The minimum absolute atomic E-state index is 0.0267. The van der Waals surface area contributed by atoms with Crippen LogP contribution in [0.15, 0.2) is 0 Å². The van der Waals surface area contributed by atoms with E-state index in [1.807, 2.05) is 6.92 Å². The van der Waals surface area contributed by atoms with Gasteiger partial charge in [0.1, 0.15) is 0 Å². The van der Waals surface area contributed by atoms with Crippen LogP contribution in [0, 0.1) is 0 Å². The molecule has 0 rings (SSSR count). The van der Waals surface area contributed by atoms with Crippen LogP contribution < -0.4 is 5.32 Å². The van der Waals surface area contributed by atoms with Crippen molar-refractivity contribution in [3.63, 3.8) is 0 Å². The van der Waals surface area contributed by atoms with Crippen molar-refractivity contribution in [2.75, 3.05) is 27.2 Å². The number of carbonyl (C=O) groups is 2. The molecule has 0 aliphatic rings. The van der Waals surface area contributed by atoms with Gasteiger partial charge in [0.2, 0.25) is 0 Å². The number of urea groups is 1. The molecular formula is C10H20N2O4. The zero-order valence-corrected chi connectivity index (χ0v) is 10.0. The topological polar surface area (TPSA) is 78.9 Å². The SMILES string of the molecule is CCCCN(C)C(=O)NCC(OC)C(=O)O. The number of ether oxygens (including phenoxy) is 1. The molecule has 1 unspecified atom stereocenters. The van der Waals surface area contributed by atoms with Crippen LogP contribution in [0.1, 0.15) is 19.8 Å². The van der Waals surface area contributed by atoms with Crippen LogP contribution in [0.4, 0.5) is 4.79 Å². The third kappa shape index (κ3) is 5.55. The number of hydrogen-bond donors (Lipinski definition) is 2. The molecule has 0 aliphatic carbocycles. The monoisotopic (exact) mass is 232 g/mol. The van der Waals surface area contributed by atoms with Crippen molar-refractivity contribution in [3.8, 4) is 0 Å². The quantitative estimate of drug-likeness (QED) is 0.671. The first-order valence-corrected chi connectivity index (χ1v) is 5.27. The lowest BCUT2D eigenvalue weighted by Gasteiger charge is -2.19. The summed E-state index contributed by atoms with van der Waals surface area (Å²) in [6.45, 7) is 2.67. The molecule has 0 heterocycles. The van der Waals surface area contributed by atoms with E-state index in [9.17, 15) is 9.59 Å². The van der Waals surface area contributed by atoms with E-state index in [1.165, 1.54) is 12.0 Å². The molecule has 0 bridgehead atoms. The Kier molecular flexibility index (Phi) is 7.28. The standard InChI is InChI=1S/C10H20N2O4/c1-4-5-6-12(2)10(15)11-7-8(16-3)9(13)14/h8H,4-7H2,1-3H3,(H,11,15)(H,13,14). The van der Waals surface area contributed by atoms with Crippen molar-refractivity contribution in [1.29, 1.82) is 0 Å². The average Bonchev–Trinajstić information content (AvgIpc) is 2.25. The first kappa shape index (κ1) is 14.7. The highest BCUT2D eigenvalue weighted by Crippen LogP contribution is 1.93. The summed E-state index contributed by atoms with van der Waals surface area (Å²) in [5, 5.41) is 11.2. The molecule has 1 atom stereocenters. The molecule has 6 heteroatoms. The van der Waals surface area contributed by atoms with Gasteiger partial charge in [-0.2, -0.15) is 0 Å². The number of carboxylic acid groups (broad SMARTS) is 1. The first-order chi connectivity index (χ1) is 7.52. The number of amides is 2. The lowest BCUT2D eigenvalue weighted by molar-refractivity contribution is -0.148.